The Labute approximate surface area is 120 Å². The van der Waals surface area contributed by atoms with Crippen LogP contribution in [0.3, 0.4) is 0 Å². The summed E-state index contributed by atoms with van der Waals surface area (Å²) >= 11 is 0. The summed E-state index contributed by atoms with van der Waals surface area (Å²) in [6.07, 6.45) is 1.30. The topological polar surface area (TPSA) is 99.4 Å². The largest absolute Gasteiger partial charge is 0.489 e. The Morgan fingerprint density at radius 1 is 1.33 bits per heavy atom. The molecule has 0 saturated carbocycles. The summed E-state index contributed by atoms with van der Waals surface area (Å²) in [6, 6.07) is 6.05. The fourth-order valence-corrected chi connectivity index (χ4v) is 1.71. The molecule has 1 aromatic heterocycles. The number of nitro benzene ring substituents is 1. The number of anilines is 1. The van der Waals surface area contributed by atoms with Crippen LogP contribution in [0.1, 0.15) is 6.92 Å². The second-order valence-corrected chi connectivity index (χ2v) is 3.92. The molecule has 0 fully saturated rings. The number of nitro groups is 1. The average molecular weight is 290 g/mol. The Bertz CT molecular complexity index is 648. The van der Waals surface area contributed by atoms with E-state index in [0.29, 0.717) is 12.4 Å². The maximum atomic E-state index is 11.0. The van der Waals surface area contributed by atoms with Crippen molar-refractivity contribution in [2.24, 2.45) is 0 Å². The van der Waals surface area contributed by atoms with Crippen molar-refractivity contribution in [3.63, 3.8) is 0 Å². The van der Waals surface area contributed by atoms with Crippen molar-refractivity contribution in [1.82, 2.24) is 9.97 Å². The number of aromatic nitrogens is 2. The van der Waals surface area contributed by atoms with Crippen molar-refractivity contribution in [2.45, 2.75) is 6.92 Å². The molecule has 8 heteroatoms. The Morgan fingerprint density at radius 2 is 2.10 bits per heavy atom. The highest BCUT2D eigenvalue weighted by atomic mass is 16.6. The van der Waals surface area contributed by atoms with E-state index >= 15 is 0 Å². The lowest BCUT2D eigenvalue weighted by atomic mass is 10.3. The molecule has 1 N–H and O–H groups in total. The van der Waals surface area contributed by atoms with Gasteiger partial charge in [-0.2, -0.15) is 4.98 Å². The predicted molar refractivity (Wildman–Crippen MR) is 75.9 cm³/mol. The van der Waals surface area contributed by atoms with Crippen molar-refractivity contribution in [3.8, 4) is 17.4 Å². The molecule has 0 amide bonds. The van der Waals surface area contributed by atoms with Crippen LogP contribution in [0.25, 0.3) is 0 Å². The number of rotatable bonds is 6. The number of nitrogens with one attached hydrogen (secondary N) is 1. The van der Waals surface area contributed by atoms with E-state index in [1.54, 1.807) is 12.1 Å². The van der Waals surface area contributed by atoms with Crippen LogP contribution in [0.5, 0.6) is 17.4 Å². The van der Waals surface area contributed by atoms with Crippen molar-refractivity contribution < 1.29 is 14.4 Å². The summed E-state index contributed by atoms with van der Waals surface area (Å²) in [5.74, 6) is 0.945. The molecule has 1 heterocycles. The highest BCUT2D eigenvalue weighted by Gasteiger charge is 2.19. The Morgan fingerprint density at radius 3 is 2.76 bits per heavy atom. The van der Waals surface area contributed by atoms with Crippen LogP contribution in [0.2, 0.25) is 0 Å². The molecule has 0 spiro atoms. The van der Waals surface area contributed by atoms with Gasteiger partial charge in [0.15, 0.2) is 5.82 Å². The molecule has 8 nitrogen and oxygen atoms in total. The molecule has 21 heavy (non-hydrogen) atoms. The number of ether oxygens (including phenoxy) is 2. The van der Waals surface area contributed by atoms with Gasteiger partial charge < -0.3 is 14.8 Å². The normalized spacial score (nSPS) is 10.0. The molecular weight excluding hydrogens is 276 g/mol. The number of benzene rings is 1. The lowest BCUT2D eigenvalue weighted by molar-refractivity contribution is -0.385. The minimum absolute atomic E-state index is 0.0851. The minimum Gasteiger partial charge on any atom is -0.489 e. The third-order valence-corrected chi connectivity index (χ3v) is 2.59. The van der Waals surface area contributed by atoms with Gasteiger partial charge in [-0.25, -0.2) is 4.98 Å². The van der Waals surface area contributed by atoms with Crippen LogP contribution in [0.4, 0.5) is 11.5 Å². The van der Waals surface area contributed by atoms with E-state index in [0.717, 1.165) is 0 Å². The van der Waals surface area contributed by atoms with Gasteiger partial charge in [0.25, 0.3) is 5.88 Å². The standard InChI is InChI=1S/C13H14N4O4/c1-3-14-12-11(20-2)13(16-8-15-12)21-10-7-5-4-6-9(10)17(18)19/h4-8H,3H2,1-2H3,(H,14,15,16). The maximum Gasteiger partial charge on any atom is 0.311 e. The summed E-state index contributed by atoms with van der Waals surface area (Å²) in [6.45, 7) is 2.54. The molecule has 0 bridgehead atoms. The average Bonchev–Trinajstić information content (AvgIpc) is 2.48. The molecule has 2 rings (SSSR count). The zero-order valence-electron chi connectivity index (χ0n) is 11.6. The molecule has 0 aliphatic carbocycles. The molecule has 0 saturated heterocycles. The number of para-hydroxylation sites is 2. The number of nitrogens with zero attached hydrogens (tertiary/aromatic N) is 3. The van der Waals surface area contributed by atoms with Gasteiger partial charge in [0.05, 0.1) is 12.0 Å². The molecule has 0 aliphatic rings. The quantitative estimate of drug-likeness (QED) is 0.644. The smallest absolute Gasteiger partial charge is 0.311 e. The first kappa shape index (κ1) is 14.5. The summed E-state index contributed by atoms with van der Waals surface area (Å²) in [5, 5.41) is 14.0. The van der Waals surface area contributed by atoms with Gasteiger partial charge in [-0.05, 0) is 13.0 Å². The fourth-order valence-electron chi connectivity index (χ4n) is 1.71. The van der Waals surface area contributed by atoms with Crippen LogP contribution in [-0.2, 0) is 0 Å². The van der Waals surface area contributed by atoms with E-state index in [1.165, 1.54) is 25.6 Å². The number of methoxy groups -OCH3 is 1. The molecular formula is C13H14N4O4. The molecule has 0 unspecified atom stereocenters. The van der Waals surface area contributed by atoms with Crippen LogP contribution in [0, 0.1) is 10.1 Å². The maximum absolute atomic E-state index is 11.0. The van der Waals surface area contributed by atoms with E-state index in [4.69, 9.17) is 9.47 Å². The predicted octanol–water partition coefficient (Wildman–Crippen LogP) is 2.62. The van der Waals surface area contributed by atoms with E-state index in [1.807, 2.05) is 6.92 Å². The van der Waals surface area contributed by atoms with Crippen LogP contribution in [0.15, 0.2) is 30.6 Å². The third-order valence-electron chi connectivity index (χ3n) is 2.59. The van der Waals surface area contributed by atoms with Crippen LogP contribution in [-0.4, -0.2) is 28.5 Å². The van der Waals surface area contributed by atoms with E-state index in [-0.39, 0.29) is 23.1 Å². The monoisotopic (exact) mass is 290 g/mol. The highest BCUT2D eigenvalue weighted by Crippen LogP contribution is 2.37. The fraction of sp³-hybridized carbons (Fsp3) is 0.231. The summed E-state index contributed by atoms with van der Waals surface area (Å²) < 4.78 is 10.7. The van der Waals surface area contributed by atoms with Crippen molar-refractivity contribution >= 4 is 11.5 Å². The van der Waals surface area contributed by atoms with Gasteiger partial charge in [0.2, 0.25) is 11.5 Å². The number of hydrogen-bond acceptors (Lipinski definition) is 7. The Balaban J connectivity index is 2.40. The Hall–Kier alpha value is -2.90. The molecule has 110 valence electrons. The third kappa shape index (κ3) is 3.16. The molecule has 0 aliphatic heterocycles. The van der Waals surface area contributed by atoms with Gasteiger partial charge in [-0.15, -0.1) is 0 Å². The van der Waals surface area contributed by atoms with E-state index in [2.05, 4.69) is 15.3 Å². The van der Waals surface area contributed by atoms with Gasteiger partial charge in [0, 0.05) is 12.6 Å². The van der Waals surface area contributed by atoms with E-state index in [9.17, 15) is 10.1 Å². The van der Waals surface area contributed by atoms with Gasteiger partial charge in [-0.3, -0.25) is 10.1 Å². The summed E-state index contributed by atoms with van der Waals surface area (Å²) in [5.41, 5.74) is -0.150. The molecule has 1 aromatic carbocycles. The summed E-state index contributed by atoms with van der Waals surface area (Å²) in [7, 11) is 1.45. The zero-order valence-corrected chi connectivity index (χ0v) is 11.6. The Kier molecular flexibility index (Phi) is 4.50. The zero-order chi connectivity index (χ0) is 15.2. The molecule has 0 radical (unpaired) electrons. The van der Waals surface area contributed by atoms with Gasteiger partial charge in [0.1, 0.15) is 6.33 Å². The second-order valence-electron chi connectivity index (χ2n) is 3.92. The molecule has 0 atom stereocenters. The second kappa shape index (κ2) is 6.51. The lowest BCUT2D eigenvalue weighted by Crippen LogP contribution is -2.04. The first-order valence-corrected chi connectivity index (χ1v) is 6.21. The van der Waals surface area contributed by atoms with Gasteiger partial charge in [-0.1, -0.05) is 12.1 Å². The first-order chi connectivity index (χ1) is 10.2. The van der Waals surface area contributed by atoms with E-state index < -0.39 is 4.92 Å². The number of hydrogen-bond donors (Lipinski definition) is 1. The minimum atomic E-state index is -0.520. The summed E-state index contributed by atoms with van der Waals surface area (Å²) in [4.78, 5) is 18.5. The first-order valence-electron chi connectivity index (χ1n) is 6.21. The van der Waals surface area contributed by atoms with Crippen molar-refractivity contribution in [2.75, 3.05) is 19.0 Å². The van der Waals surface area contributed by atoms with Crippen molar-refractivity contribution in [3.05, 3.63) is 40.7 Å². The van der Waals surface area contributed by atoms with Crippen LogP contribution >= 0.6 is 0 Å². The lowest BCUT2D eigenvalue weighted by Gasteiger charge is -2.12. The molecule has 2 aromatic rings. The van der Waals surface area contributed by atoms with Gasteiger partial charge >= 0.3 is 5.69 Å². The SMILES string of the molecule is CCNc1ncnc(Oc2ccccc2[N+](=O)[O-])c1OC. The van der Waals surface area contributed by atoms with Crippen LogP contribution < -0.4 is 14.8 Å². The highest BCUT2D eigenvalue weighted by molar-refractivity contribution is 5.57. The van der Waals surface area contributed by atoms with Crippen molar-refractivity contribution in [1.29, 1.82) is 0 Å².